The van der Waals surface area contributed by atoms with Crippen molar-refractivity contribution in [2.24, 2.45) is 5.10 Å². The summed E-state index contributed by atoms with van der Waals surface area (Å²) in [6.07, 6.45) is 0. The number of rotatable bonds is 3. The van der Waals surface area contributed by atoms with Crippen molar-refractivity contribution in [3.8, 4) is 11.3 Å². The molecular formula is C25H24Cl2N4O. The predicted octanol–water partition coefficient (Wildman–Crippen LogP) is 7.04. The molecule has 32 heavy (non-hydrogen) atoms. The van der Waals surface area contributed by atoms with Crippen LogP contribution in [-0.4, -0.2) is 9.97 Å². The third-order valence-corrected chi connectivity index (χ3v) is 5.56. The van der Waals surface area contributed by atoms with Crippen LogP contribution in [0.5, 0.6) is 0 Å². The number of aromatic nitrogens is 2. The van der Waals surface area contributed by atoms with Gasteiger partial charge in [0.25, 0.3) is 0 Å². The fourth-order valence-electron chi connectivity index (χ4n) is 3.45. The molecule has 0 saturated heterocycles. The van der Waals surface area contributed by atoms with E-state index in [1.54, 1.807) is 12.1 Å². The molecular weight excluding hydrogens is 443 g/mol. The molecule has 0 aliphatic rings. The van der Waals surface area contributed by atoms with E-state index in [1.165, 1.54) is 5.56 Å². The second-order valence-electron chi connectivity index (χ2n) is 8.79. The van der Waals surface area contributed by atoms with E-state index in [-0.39, 0.29) is 5.41 Å². The van der Waals surface area contributed by atoms with Gasteiger partial charge in [0.05, 0.1) is 10.4 Å². The van der Waals surface area contributed by atoms with Crippen molar-refractivity contribution in [3.05, 3.63) is 80.9 Å². The molecule has 7 heteroatoms. The summed E-state index contributed by atoms with van der Waals surface area (Å²) in [5.74, 6) is 1.06. The summed E-state index contributed by atoms with van der Waals surface area (Å²) in [5.41, 5.74) is 7.40. The number of benzene rings is 2. The topological polar surface area (TPSA) is 63.3 Å². The van der Waals surface area contributed by atoms with E-state index in [9.17, 15) is 0 Å². The molecule has 5 nitrogen and oxygen atoms in total. The van der Waals surface area contributed by atoms with Crippen LogP contribution in [0.1, 0.15) is 37.7 Å². The lowest BCUT2D eigenvalue weighted by Gasteiger charge is -2.19. The Kier molecular flexibility index (Phi) is 5.97. The summed E-state index contributed by atoms with van der Waals surface area (Å²) in [5, 5.41) is 6.78. The Morgan fingerprint density at radius 1 is 0.906 bits per heavy atom. The van der Waals surface area contributed by atoms with Gasteiger partial charge in [-0.2, -0.15) is 5.10 Å². The van der Waals surface area contributed by atoms with Gasteiger partial charge >= 0.3 is 0 Å². The SMILES string of the molecule is Cc1cc(C)nc(N/N=c2\cc(-c3ccc(C(C)(C)C)cc3)oc3c(Cl)cc(Cl)cc23)n1. The highest BCUT2D eigenvalue weighted by atomic mass is 35.5. The number of halogens is 2. The van der Waals surface area contributed by atoms with Crippen LogP contribution in [0.25, 0.3) is 22.3 Å². The Hall–Kier alpha value is -2.89. The van der Waals surface area contributed by atoms with Crippen molar-refractivity contribution in [2.45, 2.75) is 40.0 Å². The van der Waals surface area contributed by atoms with Crippen molar-refractivity contribution in [1.82, 2.24) is 9.97 Å². The number of anilines is 1. The number of nitrogens with one attached hydrogen (secondary N) is 1. The van der Waals surface area contributed by atoms with Crippen LogP contribution in [0.3, 0.4) is 0 Å². The van der Waals surface area contributed by atoms with Gasteiger partial charge in [-0.3, -0.25) is 0 Å². The summed E-state index contributed by atoms with van der Waals surface area (Å²) in [4.78, 5) is 8.77. The maximum Gasteiger partial charge on any atom is 0.243 e. The van der Waals surface area contributed by atoms with Gasteiger partial charge in [0.1, 0.15) is 5.76 Å². The van der Waals surface area contributed by atoms with Crippen LogP contribution in [0, 0.1) is 13.8 Å². The van der Waals surface area contributed by atoms with Crippen molar-refractivity contribution < 1.29 is 4.42 Å². The van der Waals surface area contributed by atoms with Gasteiger partial charge in [0.2, 0.25) is 5.95 Å². The van der Waals surface area contributed by atoms with Crippen LogP contribution in [-0.2, 0) is 5.41 Å². The Morgan fingerprint density at radius 3 is 2.19 bits per heavy atom. The molecule has 2 heterocycles. The van der Waals surface area contributed by atoms with Gasteiger partial charge in [-0.1, -0.05) is 68.2 Å². The van der Waals surface area contributed by atoms with Crippen LogP contribution >= 0.6 is 23.2 Å². The first kappa shape index (κ1) is 22.3. The highest BCUT2D eigenvalue weighted by Gasteiger charge is 2.15. The average molecular weight is 467 g/mol. The molecule has 4 aromatic rings. The first-order valence-corrected chi connectivity index (χ1v) is 11.0. The van der Waals surface area contributed by atoms with Crippen molar-refractivity contribution in [1.29, 1.82) is 0 Å². The molecule has 2 aromatic heterocycles. The van der Waals surface area contributed by atoms with Crippen molar-refractivity contribution in [3.63, 3.8) is 0 Å². The molecule has 0 aliphatic heterocycles. The maximum atomic E-state index is 6.47. The molecule has 0 amide bonds. The Bertz CT molecular complexity index is 1350. The quantitative estimate of drug-likeness (QED) is 0.328. The summed E-state index contributed by atoms with van der Waals surface area (Å²) in [6.45, 7) is 10.4. The molecule has 0 bridgehead atoms. The summed E-state index contributed by atoms with van der Waals surface area (Å²) >= 11 is 12.7. The van der Waals surface area contributed by atoms with E-state index < -0.39 is 0 Å². The Balaban J connectivity index is 1.87. The van der Waals surface area contributed by atoms with Gasteiger partial charge in [0.15, 0.2) is 5.58 Å². The number of fused-ring (bicyclic) bond motifs is 1. The van der Waals surface area contributed by atoms with Crippen LogP contribution in [0.2, 0.25) is 10.0 Å². The molecule has 0 fully saturated rings. The fourth-order valence-corrected chi connectivity index (χ4v) is 3.98. The van der Waals surface area contributed by atoms with E-state index in [0.717, 1.165) is 17.0 Å². The first-order chi connectivity index (χ1) is 15.1. The van der Waals surface area contributed by atoms with Gasteiger partial charge in [-0.25, -0.2) is 15.4 Å². The fraction of sp³-hybridized carbons (Fsp3) is 0.240. The highest BCUT2D eigenvalue weighted by molar-refractivity contribution is 6.38. The van der Waals surface area contributed by atoms with Gasteiger partial charge in [-0.05, 0) is 43.0 Å². The van der Waals surface area contributed by atoms with Gasteiger partial charge in [-0.15, -0.1) is 0 Å². The summed E-state index contributed by atoms with van der Waals surface area (Å²) < 4.78 is 6.18. The zero-order chi connectivity index (χ0) is 23.0. The number of nitrogens with zero attached hydrogens (tertiary/aromatic N) is 3. The molecule has 1 N–H and O–H groups in total. The van der Waals surface area contributed by atoms with Crippen molar-refractivity contribution >= 4 is 40.1 Å². The van der Waals surface area contributed by atoms with Gasteiger partial charge < -0.3 is 4.42 Å². The lowest BCUT2D eigenvalue weighted by atomic mass is 9.86. The predicted molar refractivity (Wildman–Crippen MR) is 131 cm³/mol. The normalized spacial score (nSPS) is 12.4. The standard InChI is InChI=1S/C25H24Cl2N4O/c1-14-10-15(2)29-24(28-14)31-30-21-13-22(16-6-8-17(9-7-16)25(3,4)5)32-23-19(21)11-18(26)12-20(23)27/h6-13H,1-5H3,(H,28,29,31)/b30-21+. The number of aryl methyl sites for hydroxylation is 2. The molecule has 0 spiro atoms. The summed E-state index contributed by atoms with van der Waals surface area (Å²) in [7, 11) is 0. The smallest absolute Gasteiger partial charge is 0.243 e. The lowest BCUT2D eigenvalue weighted by Crippen LogP contribution is -2.11. The van der Waals surface area contributed by atoms with Gasteiger partial charge in [0, 0.05) is 33.4 Å². The van der Waals surface area contributed by atoms with Crippen molar-refractivity contribution in [2.75, 3.05) is 5.43 Å². The zero-order valence-electron chi connectivity index (χ0n) is 18.6. The summed E-state index contributed by atoms with van der Waals surface area (Å²) in [6, 6.07) is 15.5. The molecule has 0 saturated carbocycles. The molecule has 164 valence electrons. The minimum absolute atomic E-state index is 0.0650. The average Bonchev–Trinajstić information content (AvgIpc) is 2.71. The van der Waals surface area contributed by atoms with Crippen LogP contribution in [0.15, 0.2) is 58.0 Å². The monoisotopic (exact) mass is 466 g/mol. The molecule has 0 unspecified atom stereocenters. The molecule has 2 aromatic carbocycles. The minimum Gasteiger partial charge on any atom is -0.454 e. The number of hydrogen-bond acceptors (Lipinski definition) is 5. The first-order valence-electron chi connectivity index (χ1n) is 10.3. The molecule has 0 atom stereocenters. The van der Waals surface area contributed by atoms with Crippen LogP contribution in [0.4, 0.5) is 5.95 Å². The van der Waals surface area contributed by atoms with Crippen LogP contribution < -0.4 is 10.8 Å². The molecule has 4 rings (SSSR count). The highest BCUT2D eigenvalue weighted by Crippen LogP contribution is 2.31. The molecule has 0 radical (unpaired) electrons. The second kappa shape index (κ2) is 8.57. The van der Waals surface area contributed by atoms with E-state index in [4.69, 9.17) is 27.6 Å². The zero-order valence-corrected chi connectivity index (χ0v) is 20.1. The third-order valence-electron chi connectivity index (χ3n) is 5.06. The Labute approximate surface area is 197 Å². The minimum atomic E-state index is 0.0650. The van der Waals surface area contributed by atoms with E-state index >= 15 is 0 Å². The van der Waals surface area contributed by atoms with E-state index in [2.05, 4.69) is 53.4 Å². The van der Waals surface area contributed by atoms with E-state index in [1.807, 2.05) is 38.1 Å². The molecule has 0 aliphatic carbocycles. The largest absolute Gasteiger partial charge is 0.454 e. The van der Waals surface area contributed by atoms with E-state index in [0.29, 0.717) is 38.1 Å². The third kappa shape index (κ3) is 4.79. The number of hydrogen-bond donors (Lipinski definition) is 1. The Morgan fingerprint density at radius 2 is 1.56 bits per heavy atom. The second-order valence-corrected chi connectivity index (χ2v) is 9.63. The lowest BCUT2D eigenvalue weighted by molar-refractivity contribution is 0.589. The maximum absolute atomic E-state index is 6.47.